The molecular formula is C12H13N3O6S2. The molecule has 1 fully saturated rings. The van der Waals surface area contributed by atoms with Gasteiger partial charge in [-0.3, -0.25) is 13.9 Å². The van der Waals surface area contributed by atoms with Crippen LogP contribution >= 0.6 is 11.8 Å². The van der Waals surface area contributed by atoms with Crippen LogP contribution in [-0.2, 0) is 23.8 Å². The predicted molar refractivity (Wildman–Crippen MR) is 82.0 cm³/mol. The van der Waals surface area contributed by atoms with Crippen LogP contribution in [0.15, 0.2) is 17.2 Å². The van der Waals surface area contributed by atoms with E-state index in [1.165, 1.54) is 4.90 Å². The van der Waals surface area contributed by atoms with E-state index in [4.69, 9.17) is 4.74 Å². The summed E-state index contributed by atoms with van der Waals surface area (Å²) in [4.78, 5) is 28.9. The van der Waals surface area contributed by atoms with Gasteiger partial charge in [0.15, 0.2) is 0 Å². The summed E-state index contributed by atoms with van der Waals surface area (Å²) in [6.45, 7) is 0.0995. The first-order valence-electron chi connectivity index (χ1n) is 6.60. The number of pyridine rings is 1. The highest BCUT2D eigenvalue weighted by atomic mass is 32.2. The lowest BCUT2D eigenvalue weighted by Gasteiger charge is -2.18. The molecule has 2 aliphatic rings. The zero-order valence-electron chi connectivity index (χ0n) is 12.0. The highest BCUT2D eigenvalue weighted by molar-refractivity contribution is 8.13. The van der Waals surface area contributed by atoms with E-state index >= 15 is 0 Å². The molecule has 0 aliphatic carbocycles. The van der Waals surface area contributed by atoms with Gasteiger partial charge in [-0.1, -0.05) is 0 Å². The van der Waals surface area contributed by atoms with E-state index < -0.39 is 22.3 Å². The van der Waals surface area contributed by atoms with Gasteiger partial charge in [0.2, 0.25) is 5.12 Å². The number of cyclic esters (lactones) is 1. The van der Waals surface area contributed by atoms with Gasteiger partial charge in [-0.05, 0) is 23.9 Å². The van der Waals surface area contributed by atoms with Gasteiger partial charge < -0.3 is 10.1 Å². The molecule has 0 saturated carbocycles. The maximum atomic E-state index is 11.9. The lowest BCUT2D eigenvalue weighted by atomic mass is 10.3. The van der Waals surface area contributed by atoms with Crippen molar-refractivity contribution in [3.63, 3.8) is 0 Å². The molecule has 1 aromatic heterocycles. The Balaban J connectivity index is 1.73. The third-order valence-electron chi connectivity index (χ3n) is 3.10. The van der Waals surface area contributed by atoms with Gasteiger partial charge >= 0.3 is 6.09 Å². The van der Waals surface area contributed by atoms with Crippen molar-refractivity contribution in [1.29, 1.82) is 0 Å². The molecule has 2 aliphatic heterocycles. The smallest absolute Gasteiger partial charge is 0.416 e. The number of ether oxygens (including phenoxy) is 1. The van der Waals surface area contributed by atoms with Gasteiger partial charge in [0.05, 0.1) is 25.0 Å². The van der Waals surface area contributed by atoms with E-state index in [1.54, 1.807) is 12.1 Å². The molecule has 1 N–H and O–H groups in total. The largest absolute Gasteiger partial charge is 0.441 e. The van der Waals surface area contributed by atoms with Crippen LogP contribution in [-0.4, -0.2) is 56.7 Å². The summed E-state index contributed by atoms with van der Waals surface area (Å²) in [5.74, 6) is 0.333. The van der Waals surface area contributed by atoms with Crippen molar-refractivity contribution in [2.75, 3.05) is 36.2 Å². The van der Waals surface area contributed by atoms with Crippen LogP contribution < -0.4 is 10.2 Å². The quantitative estimate of drug-likeness (QED) is 0.764. The molecule has 23 heavy (non-hydrogen) atoms. The lowest BCUT2D eigenvalue weighted by molar-refractivity contribution is -0.109. The first-order valence-corrected chi connectivity index (χ1v) is 9.23. The number of nitrogens with one attached hydrogen (secondary N) is 1. The third kappa shape index (κ3) is 3.74. The summed E-state index contributed by atoms with van der Waals surface area (Å²) in [7, 11) is -3.60. The van der Waals surface area contributed by atoms with Crippen molar-refractivity contribution in [3.05, 3.63) is 12.1 Å². The molecular weight excluding hydrogens is 346 g/mol. The highest BCUT2D eigenvalue weighted by Crippen LogP contribution is 2.32. The standard InChI is InChI=1S/C12H13N3O6S2/c1-23(18,19)20-6-7-5-15(12(17)21-7)9-3-2-8-11(14-9)22-10(16)4-13-8/h2-3,7,13H,4-6H2,1H3/t7-/m1/s1. The Bertz CT molecular complexity index is 766. The van der Waals surface area contributed by atoms with Crippen LogP contribution in [0.5, 0.6) is 0 Å². The average molecular weight is 359 g/mol. The summed E-state index contributed by atoms with van der Waals surface area (Å²) in [5, 5.41) is 3.36. The van der Waals surface area contributed by atoms with Crippen LogP contribution in [0.2, 0.25) is 0 Å². The minimum atomic E-state index is -3.60. The minimum Gasteiger partial charge on any atom is -0.441 e. The molecule has 0 unspecified atom stereocenters. The Hall–Kier alpha value is -1.85. The Kier molecular flexibility index (Phi) is 4.17. The number of nitrogens with zero attached hydrogens (tertiary/aromatic N) is 2. The van der Waals surface area contributed by atoms with Crippen LogP contribution in [0.3, 0.4) is 0 Å². The molecule has 0 radical (unpaired) electrons. The van der Waals surface area contributed by atoms with Crippen LogP contribution in [0.1, 0.15) is 0 Å². The molecule has 0 bridgehead atoms. The number of rotatable bonds is 4. The molecule has 1 amide bonds. The van der Waals surface area contributed by atoms with E-state index in [2.05, 4.69) is 14.5 Å². The number of hydrogen-bond donors (Lipinski definition) is 1. The fourth-order valence-corrected chi connectivity index (χ4v) is 3.25. The Morgan fingerprint density at radius 2 is 2.26 bits per heavy atom. The van der Waals surface area contributed by atoms with Crippen molar-refractivity contribution in [1.82, 2.24) is 4.98 Å². The SMILES string of the molecule is CS(=O)(=O)OC[C@H]1CN(c2ccc3c(n2)SC(=O)CN3)C(=O)O1. The Labute approximate surface area is 136 Å². The summed E-state index contributed by atoms with van der Waals surface area (Å²) in [6.07, 6.45) is -0.421. The van der Waals surface area contributed by atoms with Gasteiger partial charge in [-0.15, -0.1) is 0 Å². The third-order valence-corrected chi connectivity index (χ3v) is 4.54. The summed E-state index contributed by atoms with van der Waals surface area (Å²) < 4.78 is 31.7. The monoisotopic (exact) mass is 359 g/mol. The van der Waals surface area contributed by atoms with Crippen LogP contribution in [0, 0.1) is 0 Å². The van der Waals surface area contributed by atoms with Crippen molar-refractivity contribution in [3.8, 4) is 0 Å². The second-order valence-corrected chi connectivity index (χ2v) is 7.64. The average Bonchev–Trinajstić information content (AvgIpc) is 2.85. The molecule has 1 atom stereocenters. The maximum Gasteiger partial charge on any atom is 0.416 e. The maximum absolute atomic E-state index is 11.9. The zero-order valence-corrected chi connectivity index (χ0v) is 13.6. The van der Waals surface area contributed by atoms with E-state index in [0.29, 0.717) is 10.8 Å². The van der Waals surface area contributed by atoms with Crippen LogP contribution in [0.4, 0.5) is 16.3 Å². The lowest BCUT2D eigenvalue weighted by Crippen LogP contribution is -2.27. The number of carbonyl (C=O) groups excluding carboxylic acids is 2. The Morgan fingerprint density at radius 3 is 3.00 bits per heavy atom. The molecule has 3 rings (SSSR count). The number of anilines is 2. The number of amides is 1. The predicted octanol–water partition coefficient (Wildman–Crippen LogP) is 0.427. The zero-order chi connectivity index (χ0) is 16.6. The minimum absolute atomic E-state index is 0.0643. The molecule has 9 nitrogen and oxygen atoms in total. The van der Waals surface area contributed by atoms with Crippen molar-refractivity contribution >= 4 is 44.6 Å². The number of carbonyl (C=O) groups is 2. The topological polar surface area (TPSA) is 115 Å². The fraction of sp³-hybridized carbons (Fsp3) is 0.417. The van der Waals surface area contributed by atoms with E-state index in [-0.39, 0.29) is 24.8 Å². The first-order chi connectivity index (χ1) is 10.8. The molecule has 3 heterocycles. The number of thioether (sulfide) groups is 1. The summed E-state index contributed by atoms with van der Waals surface area (Å²) in [5.41, 5.74) is 0.725. The molecule has 11 heteroatoms. The van der Waals surface area contributed by atoms with Gasteiger partial charge in [0.1, 0.15) is 23.6 Å². The number of aromatic nitrogens is 1. The second kappa shape index (κ2) is 5.98. The number of fused-ring (bicyclic) bond motifs is 1. The molecule has 1 aromatic rings. The van der Waals surface area contributed by atoms with Gasteiger partial charge in [0.25, 0.3) is 10.1 Å². The van der Waals surface area contributed by atoms with Gasteiger partial charge in [-0.2, -0.15) is 8.42 Å². The van der Waals surface area contributed by atoms with Gasteiger partial charge in [0, 0.05) is 0 Å². The van der Waals surface area contributed by atoms with E-state index in [0.717, 1.165) is 23.7 Å². The van der Waals surface area contributed by atoms with Crippen molar-refractivity contribution in [2.24, 2.45) is 0 Å². The second-order valence-electron chi connectivity index (χ2n) is 4.95. The van der Waals surface area contributed by atoms with E-state index in [1.807, 2.05) is 0 Å². The first kappa shape index (κ1) is 16.0. The fourth-order valence-electron chi connectivity index (χ4n) is 2.10. The Morgan fingerprint density at radius 1 is 1.48 bits per heavy atom. The van der Waals surface area contributed by atoms with E-state index in [9.17, 15) is 18.0 Å². The molecule has 0 spiro atoms. The van der Waals surface area contributed by atoms with Crippen molar-refractivity contribution < 1.29 is 26.9 Å². The summed E-state index contributed by atoms with van der Waals surface area (Å²) in [6, 6.07) is 3.36. The molecule has 124 valence electrons. The van der Waals surface area contributed by atoms with Crippen molar-refractivity contribution in [2.45, 2.75) is 11.1 Å². The number of hydrogen-bond acceptors (Lipinski definition) is 9. The highest BCUT2D eigenvalue weighted by Gasteiger charge is 2.34. The van der Waals surface area contributed by atoms with Crippen LogP contribution in [0.25, 0.3) is 0 Å². The molecule has 0 aromatic carbocycles. The summed E-state index contributed by atoms with van der Waals surface area (Å²) >= 11 is 1.01. The van der Waals surface area contributed by atoms with Gasteiger partial charge in [-0.25, -0.2) is 9.78 Å². The normalized spacial score (nSPS) is 20.9. The molecule has 1 saturated heterocycles.